The van der Waals surface area contributed by atoms with Crippen LogP contribution in [0.5, 0.6) is 0 Å². The summed E-state index contributed by atoms with van der Waals surface area (Å²) >= 11 is 0. The van der Waals surface area contributed by atoms with Crippen molar-refractivity contribution in [3.05, 3.63) is 48.6 Å². The van der Waals surface area contributed by atoms with Crippen LogP contribution in [0.25, 0.3) is 11.0 Å². The first-order valence-corrected chi connectivity index (χ1v) is 9.00. The summed E-state index contributed by atoms with van der Waals surface area (Å²) in [6.45, 7) is 1.36. The van der Waals surface area contributed by atoms with Crippen LogP contribution in [0.1, 0.15) is 29.4 Å². The van der Waals surface area contributed by atoms with E-state index in [1.165, 1.54) is 6.20 Å². The quantitative estimate of drug-likeness (QED) is 0.764. The van der Waals surface area contributed by atoms with Crippen LogP contribution < -0.4 is 0 Å². The fourth-order valence-corrected chi connectivity index (χ4v) is 4.60. The average Bonchev–Trinajstić information content (AvgIpc) is 3.39. The van der Waals surface area contributed by atoms with Crippen molar-refractivity contribution in [3.8, 4) is 0 Å². The number of carbonyl (C=O) groups is 1. The molecule has 7 nitrogen and oxygen atoms in total. The van der Waals surface area contributed by atoms with Crippen molar-refractivity contribution in [1.82, 2.24) is 19.6 Å². The van der Waals surface area contributed by atoms with Crippen LogP contribution in [-0.4, -0.2) is 49.8 Å². The standard InChI is InChI=1S/C19H20N4O3/c24-17-8-13-10-22(19(25)18-5-6-21-26-18)9-12(13)7-16(17)23-11-20-14-3-1-2-4-15(14)23/h1-6,11-13,16-17,24H,7-10H2/t12-,13+,16-,17-/m1/s1. The van der Waals surface area contributed by atoms with Crippen molar-refractivity contribution in [2.75, 3.05) is 13.1 Å². The third-order valence-electron chi connectivity index (χ3n) is 5.88. The minimum absolute atomic E-state index is 0.0102. The summed E-state index contributed by atoms with van der Waals surface area (Å²) < 4.78 is 7.10. The van der Waals surface area contributed by atoms with E-state index in [1.807, 2.05) is 35.5 Å². The van der Waals surface area contributed by atoms with Gasteiger partial charge in [0.25, 0.3) is 5.91 Å². The highest BCUT2D eigenvalue weighted by Crippen LogP contribution is 2.42. The Morgan fingerprint density at radius 1 is 1.15 bits per heavy atom. The maximum atomic E-state index is 12.5. The normalized spacial score (nSPS) is 28.4. The van der Waals surface area contributed by atoms with Gasteiger partial charge in [-0.15, -0.1) is 0 Å². The van der Waals surface area contributed by atoms with Crippen molar-refractivity contribution in [1.29, 1.82) is 0 Å². The number of aromatic nitrogens is 3. The number of benzene rings is 1. The van der Waals surface area contributed by atoms with Gasteiger partial charge in [0.2, 0.25) is 5.76 Å². The summed E-state index contributed by atoms with van der Waals surface area (Å²) in [7, 11) is 0. The number of fused-ring (bicyclic) bond motifs is 2. The van der Waals surface area contributed by atoms with E-state index in [2.05, 4.69) is 14.7 Å². The molecule has 7 heteroatoms. The van der Waals surface area contributed by atoms with Crippen molar-refractivity contribution < 1.29 is 14.4 Å². The molecule has 1 N–H and O–H groups in total. The Morgan fingerprint density at radius 2 is 1.96 bits per heavy atom. The molecule has 0 radical (unpaired) electrons. The van der Waals surface area contributed by atoms with Gasteiger partial charge in [0.15, 0.2) is 0 Å². The van der Waals surface area contributed by atoms with E-state index in [-0.39, 0.29) is 17.7 Å². The molecule has 1 saturated heterocycles. The fourth-order valence-electron chi connectivity index (χ4n) is 4.60. The Morgan fingerprint density at radius 3 is 2.77 bits per heavy atom. The second kappa shape index (κ2) is 5.95. The van der Waals surface area contributed by atoms with Crippen molar-refractivity contribution in [3.63, 3.8) is 0 Å². The van der Waals surface area contributed by atoms with Crippen molar-refractivity contribution in [2.45, 2.75) is 25.0 Å². The van der Waals surface area contributed by atoms with Crippen LogP contribution in [-0.2, 0) is 0 Å². The van der Waals surface area contributed by atoms with E-state index >= 15 is 0 Å². The molecule has 5 rings (SSSR count). The average molecular weight is 352 g/mol. The van der Waals surface area contributed by atoms with Gasteiger partial charge in [-0.1, -0.05) is 17.3 Å². The van der Waals surface area contributed by atoms with E-state index in [4.69, 9.17) is 4.52 Å². The number of aliphatic hydroxyl groups excluding tert-OH is 1. The number of carbonyl (C=O) groups excluding carboxylic acids is 1. The molecule has 0 bridgehead atoms. The van der Waals surface area contributed by atoms with Gasteiger partial charge in [0, 0.05) is 19.2 Å². The Labute approximate surface area is 150 Å². The van der Waals surface area contributed by atoms with Crippen LogP contribution in [0, 0.1) is 11.8 Å². The van der Waals surface area contributed by atoms with E-state index in [0.29, 0.717) is 31.3 Å². The zero-order valence-electron chi connectivity index (χ0n) is 14.2. The Balaban J connectivity index is 1.38. The number of imidazole rings is 1. The molecule has 1 aliphatic carbocycles. The zero-order chi connectivity index (χ0) is 17.7. The first-order chi connectivity index (χ1) is 12.7. The summed E-state index contributed by atoms with van der Waals surface area (Å²) in [6.07, 6.45) is 4.41. The van der Waals surface area contributed by atoms with E-state index in [9.17, 15) is 9.90 Å². The highest BCUT2D eigenvalue weighted by molar-refractivity contribution is 5.91. The molecule has 3 heterocycles. The SMILES string of the molecule is O=C(c1ccno1)N1C[C@H]2C[C@@H](n3cnc4ccccc43)[C@H](O)C[C@H]2C1. The van der Waals surface area contributed by atoms with Gasteiger partial charge in [-0.25, -0.2) is 4.98 Å². The molecule has 1 saturated carbocycles. The minimum atomic E-state index is -0.436. The first-order valence-electron chi connectivity index (χ1n) is 9.00. The number of likely N-dealkylation sites (tertiary alicyclic amines) is 1. The Kier molecular flexibility index (Phi) is 3.56. The monoisotopic (exact) mass is 352 g/mol. The molecule has 2 aromatic heterocycles. The predicted molar refractivity (Wildman–Crippen MR) is 93.4 cm³/mol. The second-order valence-electron chi connectivity index (χ2n) is 7.35. The first kappa shape index (κ1) is 15.6. The lowest BCUT2D eigenvalue weighted by molar-refractivity contribution is 0.0374. The fraction of sp³-hybridized carbons (Fsp3) is 0.421. The van der Waals surface area contributed by atoms with Gasteiger partial charge in [-0.05, 0) is 36.8 Å². The molecule has 4 atom stereocenters. The van der Waals surface area contributed by atoms with Gasteiger partial charge in [-0.2, -0.15) is 0 Å². The number of para-hydroxylation sites is 2. The molecular formula is C19H20N4O3. The molecule has 1 aromatic carbocycles. The topological polar surface area (TPSA) is 84.4 Å². The van der Waals surface area contributed by atoms with Crippen LogP contribution in [0.3, 0.4) is 0 Å². The van der Waals surface area contributed by atoms with Crippen molar-refractivity contribution in [2.24, 2.45) is 11.8 Å². The minimum Gasteiger partial charge on any atom is -0.391 e. The lowest BCUT2D eigenvalue weighted by Gasteiger charge is -2.36. The third kappa shape index (κ3) is 2.42. The van der Waals surface area contributed by atoms with Crippen LogP contribution in [0.4, 0.5) is 0 Å². The Bertz CT molecular complexity index is 935. The smallest absolute Gasteiger partial charge is 0.292 e. The molecule has 2 fully saturated rings. The zero-order valence-corrected chi connectivity index (χ0v) is 14.2. The number of amides is 1. The number of hydrogen-bond donors (Lipinski definition) is 1. The van der Waals surface area contributed by atoms with Gasteiger partial charge in [0.05, 0.1) is 35.7 Å². The summed E-state index contributed by atoms with van der Waals surface area (Å²) in [5.74, 6) is 0.858. The molecule has 0 unspecified atom stereocenters. The molecule has 3 aromatic rings. The van der Waals surface area contributed by atoms with Crippen LogP contribution in [0.15, 0.2) is 47.4 Å². The van der Waals surface area contributed by atoms with E-state index in [0.717, 1.165) is 17.5 Å². The Hall–Kier alpha value is -2.67. The van der Waals surface area contributed by atoms with E-state index in [1.54, 1.807) is 6.07 Å². The van der Waals surface area contributed by atoms with Crippen LogP contribution >= 0.6 is 0 Å². The summed E-state index contributed by atoms with van der Waals surface area (Å²) in [4.78, 5) is 18.8. The number of hydrogen-bond acceptors (Lipinski definition) is 5. The summed E-state index contributed by atoms with van der Waals surface area (Å²) in [5, 5.41) is 14.4. The molecule has 134 valence electrons. The third-order valence-corrected chi connectivity index (χ3v) is 5.88. The molecule has 0 spiro atoms. The molecule has 1 amide bonds. The lowest BCUT2D eigenvalue weighted by Crippen LogP contribution is -2.36. The highest BCUT2D eigenvalue weighted by Gasteiger charge is 2.44. The molecular weight excluding hydrogens is 332 g/mol. The summed E-state index contributed by atoms with van der Waals surface area (Å²) in [5.41, 5.74) is 1.98. The predicted octanol–water partition coefficient (Wildman–Crippen LogP) is 2.11. The highest BCUT2D eigenvalue weighted by atomic mass is 16.5. The lowest BCUT2D eigenvalue weighted by atomic mass is 9.77. The van der Waals surface area contributed by atoms with Crippen molar-refractivity contribution >= 4 is 16.9 Å². The number of aliphatic hydroxyl groups is 1. The second-order valence-corrected chi connectivity index (χ2v) is 7.35. The van der Waals surface area contributed by atoms with E-state index < -0.39 is 6.10 Å². The largest absolute Gasteiger partial charge is 0.391 e. The van der Waals surface area contributed by atoms with Gasteiger partial charge >= 0.3 is 0 Å². The maximum absolute atomic E-state index is 12.5. The van der Waals surface area contributed by atoms with Gasteiger partial charge in [-0.3, -0.25) is 4.79 Å². The van der Waals surface area contributed by atoms with Gasteiger partial charge in [0.1, 0.15) is 0 Å². The number of rotatable bonds is 2. The molecule has 1 aliphatic heterocycles. The maximum Gasteiger partial charge on any atom is 0.292 e. The van der Waals surface area contributed by atoms with Gasteiger partial charge < -0.3 is 19.1 Å². The molecule has 26 heavy (non-hydrogen) atoms. The van der Waals surface area contributed by atoms with Crippen LogP contribution in [0.2, 0.25) is 0 Å². The number of nitrogens with zero attached hydrogens (tertiary/aromatic N) is 4. The molecule has 2 aliphatic rings. The summed E-state index contributed by atoms with van der Waals surface area (Å²) in [6, 6.07) is 9.57.